The van der Waals surface area contributed by atoms with Crippen LogP contribution in [0.2, 0.25) is 0 Å². The number of hydrogen-bond donors (Lipinski definition) is 3. The van der Waals surface area contributed by atoms with E-state index in [2.05, 4.69) is 15.0 Å². The molecule has 3 rings (SSSR count). The minimum Gasteiger partial charge on any atom is -0.391 e. The number of anilines is 1. The van der Waals surface area contributed by atoms with E-state index in [4.69, 9.17) is 16.9 Å². The SMILES string of the molecule is C#C[C@@]1(F)C(O)[C@@H]([C@H](C)O)O[C@H]1n1cnc2cnc(N)nc21. The van der Waals surface area contributed by atoms with Crippen molar-refractivity contribution in [1.29, 1.82) is 0 Å². The number of aliphatic hydroxyl groups excluding tert-OH is 2. The summed E-state index contributed by atoms with van der Waals surface area (Å²) in [6.07, 6.45) is 2.52. The van der Waals surface area contributed by atoms with Gasteiger partial charge in [-0.1, -0.05) is 5.92 Å². The maximum Gasteiger partial charge on any atom is 0.243 e. The smallest absolute Gasteiger partial charge is 0.243 e. The number of nitrogens with two attached hydrogens (primary N) is 1. The normalized spacial score (nSPS) is 33.0. The van der Waals surface area contributed by atoms with Gasteiger partial charge in [0.15, 0.2) is 11.9 Å². The summed E-state index contributed by atoms with van der Waals surface area (Å²) in [7, 11) is 0. The van der Waals surface area contributed by atoms with E-state index in [1.165, 1.54) is 24.0 Å². The third-order valence-corrected chi connectivity index (χ3v) is 3.67. The number of hydrogen-bond acceptors (Lipinski definition) is 7. The summed E-state index contributed by atoms with van der Waals surface area (Å²) in [4.78, 5) is 11.8. The molecule has 8 nitrogen and oxygen atoms in total. The van der Waals surface area contributed by atoms with E-state index in [-0.39, 0.29) is 11.6 Å². The molecule has 22 heavy (non-hydrogen) atoms. The second-order valence-electron chi connectivity index (χ2n) is 5.14. The standard InChI is InChI=1S/C13H14FN5O3/c1-3-13(14)9(21)8(6(2)20)22-11(13)19-5-17-7-4-16-12(15)18-10(7)19/h1,4-6,8-9,11,20-21H,2H3,(H2,15,16,18)/t6-,8+,9?,11+,13+/m0/s1. The Hall–Kier alpha value is -2.28. The maximum absolute atomic E-state index is 15.1. The van der Waals surface area contributed by atoms with Crippen molar-refractivity contribution < 1.29 is 19.3 Å². The Morgan fingerprint density at radius 1 is 1.59 bits per heavy atom. The van der Waals surface area contributed by atoms with Crippen molar-refractivity contribution in [1.82, 2.24) is 19.5 Å². The summed E-state index contributed by atoms with van der Waals surface area (Å²) in [5.74, 6) is 1.89. The second-order valence-corrected chi connectivity index (χ2v) is 5.14. The molecule has 0 saturated carbocycles. The molecule has 0 aliphatic carbocycles. The predicted octanol–water partition coefficient (Wildman–Crippen LogP) is -0.611. The summed E-state index contributed by atoms with van der Waals surface area (Å²) < 4.78 is 21.7. The molecule has 1 aliphatic rings. The lowest BCUT2D eigenvalue weighted by molar-refractivity contribution is -0.0776. The zero-order valence-electron chi connectivity index (χ0n) is 11.6. The van der Waals surface area contributed by atoms with Gasteiger partial charge in [-0.25, -0.2) is 14.4 Å². The predicted molar refractivity (Wildman–Crippen MR) is 74.0 cm³/mol. The molecule has 2 aromatic rings. The summed E-state index contributed by atoms with van der Waals surface area (Å²) in [6.45, 7) is 1.37. The first-order chi connectivity index (χ1) is 10.4. The van der Waals surface area contributed by atoms with Crippen molar-refractivity contribution in [3.05, 3.63) is 12.5 Å². The maximum atomic E-state index is 15.1. The van der Waals surface area contributed by atoms with Crippen LogP contribution in [0.3, 0.4) is 0 Å². The molecular formula is C13H14FN5O3. The highest BCUT2D eigenvalue weighted by Gasteiger charge is 2.59. The number of terminal acetylenes is 1. The van der Waals surface area contributed by atoms with E-state index in [1.54, 1.807) is 0 Å². The number of aliphatic hydroxyl groups is 2. The van der Waals surface area contributed by atoms with Crippen LogP contribution in [0.5, 0.6) is 0 Å². The van der Waals surface area contributed by atoms with Crippen LogP contribution in [-0.2, 0) is 4.74 Å². The molecule has 0 amide bonds. The molecule has 0 spiro atoms. The fourth-order valence-electron chi connectivity index (χ4n) is 2.52. The molecule has 5 atom stereocenters. The molecule has 116 valence electrons. The van der Waals surface area contributed by atoms with Crippen LogP contribution >= 0.6 is 0 Å². The van der Waals surface area contributed by atoms with Crippen LogP contribution in [0.15, 0.2) is 12.5 Å². The zero-order chi connectivity index (χ0) is 16.1. The Morgan fingerprint density at radius 2 is 2.32 bits per heavy atom. The molecule has 0 aromatic carbocycles. The van der Waals surface area contributed by atoms with Gasteiger partial charge in [0.05, 0.1) is 18.6 Å². The van der Waals surface area contributed by atoms with Crippen molar-refractivity contribution in [3.63, 3.8) is 0 Å². The first-order valence-electron chi connectivity index (χ1n) is 6.52. The molecule has 2 aromatic heterocycles. The number of rotatable bonds is 2. The molecule has 3 heterocycles. The summed E-state index contributed by atoms with van der Waals surface area (Å²) in [6, 6.07) is 0. The van der Waals surface area contributed by atoms with Gasteiger partial charge in [0.2, 0.25) is 11.6 Å². The average Bonchev–Trinajstić information content (AvgIpc) is 2.99. The molecule has 4 N–H and O–H groups in total. The van der Waals surface area contributed by atoms with Crippen molar-refractivity contribution in [3.8, 4) is 12.3 Å². The van der Waals surface area contributed by atoms with E-state index in [0.29, 0.717) is 5.52 Å². The number of ether oxygens (including phenoxy) is 1. The quantitative estimate of drug-likeness (QED) is 0.633. The molecule has 1 aliphatic heterocycles. The van der Waals surface area contributed by atoms with Crippen molar-refractivity contribution in [2.75, 3.05) is 5.73 Å². The Kier molecular flexibility index (Phi) is 3.25. The van der Waals surface area contributed by atoms with Crippen LogP contribution in [0, 0.1) is 12.3 Å². The highest BCUT2D eigenvalue weighted by Crippen LogP contribution is 2.43. The zero-order valence-corrected chi connectivity index (χ0v) is 11.6. The molecule has 0 radical (unpaired) electrons. The lowest BCUT2D eigenvalue weighted by Crippen LogP contribution is -2.43. The minimum atomic E-state index is -2.55. The highest BCUT2D eigenvalue weighted by molar-refractivity contribution is 5.70. The second kappa shape index (κ2) is 4.88. The van der Waals surface area contributed by atoms with Gasteiger partial charge in [-0.2, -0.15) is 4.98 Å². The van der Waals surface area contributed by atoms with Gasteiger partial charge < -0.3 is 20.7 Å². The Morgan fingerprint density at radius 3 is 2.95 bits per heavy atom. The van der Waals surface area contributed by atoms with Gasteiger partial charge >= 0.3 is 0 Å². The third kappa shape index (κ3) is 1.93. The first kappa shape index (κ1) is 14.6. The number of nitrogens with zero attached hydrogens (tertiary/aromatic N) is 4. The van der Waals surface area contributed by atoms with Crippen molar-refractivity contribution >= 4 is 17.1 Å². The number of imidazole rings is 1. The number of alkyl halides is 1. The van der Waals surface area contributed by atoms with Crippen molar-refractivity contribution in [2.24, 2.45) is 0 Å². The first-order valence-corrected chi connectivity index (χ1v) is 6.52. The Labute approximate surface area is 124 Å². The Balaban J connectivity index is 2.13. The van der Waals surface area contributed by atoms with Gasteiger partial charge in [-0.15, -0.1) is 6.42 Å². The highest BCUT2D eigenvalue weighted by atomic mass is 19.1. The van der Waals surface area contributed by atoms with Gasteiger partial charge in [-0.05, 0) is 6.92 Å². The third-order valence-electron chi connectivity index (χ3n) is 3.67. The molecule has 9 heteroatoms. The van der Waals surface area contributed by atoms with Gasteiger partial charge in [-0.3, -0.25) is 4.57 Å². The number of nitrogen functional groups attached to an aromatic ring is 1. The number of aromatic nitrogens is 4. The van der Waals surface area contributed by atoms with Crippen LogP contribution < -0.4 is 5.73 Å². The van der Waals surface area contributed by atoms with Crippen LogP contribution in [0.25, 0.3) is 11.2 Å². The summed E-state index contributed by atoms with van der Waals surface area (Å²) >= 11 is 0. The average molecular weight is 307 g/mol. The number of fused-ring (bicyclic) bond motifs is 1. The fraction of sp³-hybridized carbons (Fsp3) is 0.462. The summed E-state index contributed by atoms with van der Waals surface area (Å²) in [5, 5.41) is 19.7. The monoisotopic (exact) mass is 307 g/mol. The Bertz CT molecular complexity index is 758. The van der Waals surface area contributed by atoms with E-state index in [0.717, 1.165) is 0 Å². The molecule has 1 fully saturated rings. The lowest BCUT2D eigenvalue weighted by atomic mass is 9.95. The van der Waals surface area contributed by atoms with Crippen LogP contribution in [0.1, 0.15) is 13.2 Å². The van der Waals surface area contributed by atoms with Crippen molar-refractivity contribution in [2.45, 2.75) is 37.1 Å². The number of halogens is 1. The molecule has 1 saturated heterocycles. The fourth-order valence-corrected chi connectivity index (χ4v) is 2.52. The topological polar surface area (TPSA) is 119 Å². The van der Waals surface area contributed by atoms with Crippen LogP contribution in [-0.4, -0.2) is 53.7 Å². The van der Waals surface area contributed by atoms with E-state index in [9.17, 15) is 10.2 Å². The lowest BCUT2D eigenvalue weighted by Gasteiger charge is -2.23. The molecule has 0 bridgehead atoms. The van der Waals surface area contributed by atoms with Gasteiger partial charge in [0.25, 0.3) is 0 Å². The van der Waals surface area contributed by atoms with E-state index in [1.807, 2.05) is 5.92 Å². The molecule has 1 unspecified atom stereocenters. The van der Waals surface area contributed by atoms with Crippen LogP contribution in [0.4, 0.5) is 10.3 Å². The van der Waals surface area contributed by atoms with E-state index < -0.39 is 30.2 Å². The van der Waals surface area contributed by atoms with E-state index >= 15 is 4.39 Å². The largest absolute Gasteiger partial charge is 0.391 e. The van der Waals surface area contributed by atoms with Gasteiger partial charge in [0.1, 0.15) is 17.7 Å². The summed E-state index contributed by atoms with van der Waals surface area (Å²) in [5.41, 5.74) is 3.56. The van der Waals surface area contributed by atoms with Gasteiger partial charge in [0, 0.05) is 0 Å². The molecular weight excluding hydrogens is 293 g/mol. The minimum absolute atomic E-state index is 0.0231.